The van der Waals surface area contributed by atoms with Crippen LogP contribution in [0, 0.1) is 5.82 Å². The predicted octanol–water partition coefficient (Wildman–Crippen LogP) is 5.17. The fraction of sp³-hybridized carbons (Fsp3) is 0.148. The van der Waals surface area contributed by atoms with Crippen molar-refractivity contribution in [3.63, 3.8) is 0 Å². The first kappa shape index (κ1) is 26.6. The third-order valence-electron chi connectivity index (χ3n) is 5.65. The molecule has 0 saturated heterocycles. The number of carbonyl (C=O) groups is 1. The molecular formula is C27H22F4N4O3. The van der Waals surface area contributed by atoms with Crippen LogP contribution in [0.4, 0.5) is 23.5 Å². The van der Waals surface area contributed by atoms with E-state index >= 15 is 0 Å². The normalized spacial score (nSPS) is 13.1. The molecule has 0 saturated carbocycles. The van der Waals surface area contributed by atoms with Gasteiger partial charge in [-0.15, -0.1) is 0 Å². The summed E-state index contributed by atoms with van der Waals surface area (Å²) in [6.45, 7) is 0. The number of rotatable bonds is 8. The van der Waals surface area contributed by atoms with E-state index in [-0.39, 0.29) is 29.5 Å². The summed E-state index contributed by atoms with van der Waals surface area (Å²) in [6, 6.07) is 17.8. The van der Waals surface area contributed by atoms with Crippen LogP contribution < -0.4 is 16.2 Å². The highest BCUT2D eigenvalue weighted by molar-refractivity contribution is 5.73. The van der Waals surface area contributed by atoms with Gasteiger partial charge in [0.2, 0.25) is 17.9 Å². The van der Waals surface area contributed by atoms with Gasteiger partial charge in [-0.25, -0.2) is 9.37 Å². The lowest BCUT2D eigenvalue weighted by molar-refractivity contribution is -0.198. The highest BCUT2D eigenvalue weighted by Crippen LogP contribution is 2.38. The molecule has 7 nitrogen and oxygen atoms in total. The number of carboxylic acids is 1. The molecule has 0 aliphatic rings. The number of nitrogen functional groups attached to an aromatic ring is 1. The summed E-state index contributed by atoms with van der Waals surface area (Å²) in [4.78, 5) is 18.8. The Morgan fingerprint density at radius 1 is 0.921 bits per heavy atom. The van der Waals surface area contributed by atoms with Crippen molar-refractivity contribution >= 4 is 11.9 Å². The van der Waals surface area contributed by atoms with Crippen molar-refractivity contribution < 1.29 is 32.2 Å². The van der Waals surface area contributed by atoms with Crippen LogP contribution in [-0.2, 0) is 11.2 Å². The Hall–Kier alpha value is -4.51. The van der Waals surface area contributed by atoms with E-state index in [1.54, 1.807) is 30.3 Å². The van der Waals surface area contributed by atoms with Crippen molar-refractivity contribution in [2.75, 3.05) is 5.73 Å². The van der Waals surface area contributed by atoms with E-state index in [1.165, 1.54) is 48.5 Å². The molecule has 0 spiro atoms. The van der Waals surface area contributed by atoms with E-state index < -0.39 is 30.1 Å². The lowest BCUT2D eigenvalue weighted by atomic mass is 10.0. The lowest BCUT2D eigenvalue weighted by Gasteiger charge is -2.22. The standard InChI is InChI=1S/C27H22F4N4O3/c28-20-3-1-2-19(13-20)16-8-10-18(11-9-16)24(27(29,30)31)38-23-14-22(34-26(33)35-23)17-6-4-15(5-7-17)12-21(32)25(36)37/h1-11,13-14,21,24H,12,32H2,(H,36,37)(H2,33,34,35)/t21?,24-/m0/s1. The Morgan fingerprint density at radius 2 is 1.58 bits per heavy atom. The molecule has 5 N–H and O–H groups in total. The number of anilines is 1. The molecule has 0 aliphatic heterocycles. The second-order valence-electron chi connectivity index (χ2n) is 8.47. The zero-order valence-corrected chi connectivity index (χ0v) is 19.7. The number of nitrogens with zero attached hydrogens (tertiary/aromatic N) is 2. The molecule has 1 heterocycles. The summed E-state index contributed by atoms with van der Waals surface area (Å²) in [5.41, 5.74) is 13.5. The van der Waals surface area contributed by atoms with Gasteiger partial charge in [0.1, 0.15) is 11.9 Å². The molecule has 2 atom stereocenters. The maximum atomic E-state index is 14.0. The number of nitrogens with two attached hydrogens (primary N) is 2. The van der Waals surface area contributed by atoms with E-state index in [1.807, 2.05) is 0 Å². The molecule has 1 unspecified atom stereocenters. The van der Waals surface area contributed by atoms with E-state index in [9.17, 15) is 22.4 Å². The summed E-state index contributed by atoms with van der Waals surface area (Å²) in [6.07, 6.45) is -7.04. The topological polar surface area (TPSA) is 124 Å². The number of hydrogen-bond donors (Lipinski definition) is 3. The fourth-order valence-electron chi connectivity index (χ4n) is 3.77. The molecule has 11 heteroatoms. The molecule has 0 bridgehead atoms. The summed E-state index contributed by atoms with van der Waals surface area (Å²) in [7, 11) is 0. The highest BCUT2D eigenvalue weighted by Gasteiger charge is 2.43. The maximum absolute atomic E-state index is 14.0. The van der Waals surface area contributed by atoms with Crippen molar-refractivity contribution in [2.24, 2.45) is 5.73 Å². The second-order valence-corrected chi connectivity index (χ2v) is 8.47. The van der Waals surface area contributed by atoms with Gasteiger partial charge in [-0.1, -0.05) is 60.7 Å². The Kier molecular flexibility index (Phi) is 7.58. The van der Waals surface area contributed by atoms with Gasteiger partial charge in [0.15, 0.2) is 0 Å². The first-order valence-electron chi connectivity index (χ1n) is 11.3. The average molecular weight is 526 g/mol. The highest BCUT2D eigenvalue weighted by atomic mass is 19.4. The van der Waals surface area contributed by atoms with E-state index in [0.29, 0.717) is 22.3 Å². The van der Waals surface area contributed by atoms with Crippen LogP contribution in [0.25, 0.3) is 22.4 Å². The minimum absolute atomic E-state index is 0.0984. The van der Waals surface area contributed by atoms with Gasteiger partial charge in [0.25, 0.3) is 0 Å². The van der Waals surface area contributed by atoms with E-state index in [0.717, 1.165) is 0 Å². The number of alkyl halides is 3. The average Bonchev–Trinajstić information content (AvgIpc) is 2.87. The molecule has 0 fully saturated rings. The predicted molar refractivity (Wildman–Crippen MR) is 132 cm³/mol. The van der Waals surface area contributed by atoms with Crippen molar-refractivity contribution in [1.29, 1.82) is 0 Å². The lowest BCUT2D eigenvalue weighted by Crippen LogP contribution is -2.32. The third-order valence-corrected chi connectivity index (χ3v) is 5.65. The number of aromatic nitrogens is 2. The number of ether oxygens (including phenoxy) is 1. The number of aliphatic carboxylic acids is 1. The number of hydrogen-bond acceptors (Lipinski definition) is 6. The fourth-order valence-corrected chi connectivity index (χ4v) is 3.77. The molecule has 0 radical (unpaired) electrons. The second kappa shape index (κ2) is 10.9. The van der Waals surface area contributed by atoms with Crippen LogP contribution >= 0.6 is 0 Å². The summed E-state index contributed by atoms with van der Waals surface area (Å²) in [5, 5.41) is 8.96. The van der Waals surface area contributed by atoms with Crippen LogP contribution in [0.1, 0.15) is 17.2 Å². The van der Waals surface area contributed by atoms with Gasteiger partial charge < -0.3 is 21.3 Å². The van der Waals surface area contributed by atoms with Gasteiger partial charge in [-0.05, 0) is 35.2 Å². The summed E-state index contributed by atoms with van der Waals surface area (Å²) >= 11 is 0. The Bertz CT molecular complexity index is 1430. The van der Waals surface area contributed by atoms with Gasteiger partial charge >= 0.3 is 12.1 Å². The van der Waals surface area contributed by atoms with Crippen molar-refractivity contribution in [1.82, 2.24) is 9.97 Å². The van der Waals surface area contributed by atoms with Crippen molar-refractivity contribution in [3.8, 4) is 28.3 Å². The zero-order valence-electron chi connectivity index (χ0n) is 19.7. The van der Waals surface area contributed by atoms with Crippen LogP contribution in [0.15, 0.2) is 78.9 Å². The van der Waals surface area contributed by atoms with Crippen LogP contribution in [0.5, 0.6) is 5.88 Å². The van der Waals surface area contributed by atoms with Gasteiger partial charge in [0.05, 0.1) is 5.69 Å². The van der Waals surface area contributed by atoms with Crippen molar-refractivity contribution in [3.05, 3.63) is 95.8 Å². The van der Waals surface area contributed by atoms with Gasteiger partial charge in [-0.2, -0.15) is 18.2 Å². The van der Waals surface area contributed by atoms with Crippen LogP contribution in [-0.4, -0.2) is 33.3 Å². The maximum Gasteiger partial charge on any atom is 0.429 e. The zero-order chi connectivity index (χ0) is 27.4. The van der Waals surface area contributed by atoms with Gasteiger partial charge in [-0.3, -0.25) is 4.79 Å². The van der Waals surface area contributed by atoms with Crippen LogP contribution in [0.2, 0.25) is 0 Å². The molecule has 38 heavy (non-hydrogen) atoms. The molecule has 0 aliphatic carbocycles. The Balaban J connectivity index is 1.58. The minimum atomic E-state index is -4.79. The number of halogens is 4. The summed E-state index contributed by atoms with van der Waals surface area (Å²) < 4.78 is 60.8. The summed E-state index contributed by atoms with van der Waals surface area (Å²) in [5.74, 6) is -2.28. The SMILES string of the molecule is Nc1nc(O[C@@H](c2ccc(-c3cccc(F)c3)cc2)C(F)(F)F)cc(-c2ccc(CC(N)C(=O)O)cc2)n1. The molecule has 4 aromatic rings. The minimum Gasteiger partial charge on any atom is -0.480 e. The quantitative estimate of drug-likeness (QED) is 0.271. The first-order chi connectivity index (χ1) is 18.0. The van der Waals surface area contributed by atoms with Crippen molar-refractivity contribution in [2.45, 2.75) is 24.7 Å². The molecule has 3 aromatic carbocycles. The molecule has 196 valence electrons. The molecule has 0 amide bonds. The Morgan fingerprint density at radius 3 is 2.18 bits per heavy atom. The largest absolute Gasteiger partial charge is 0.480 e. The third kappa shape index (κ3) is 6.43. The van der Waals surface area contributed by atoms with E-state index in [4.69, 9.17) is 21.3 Å². The first-order valence-corrected chi connectivity index (χ1v) is 11.3. The van der Waals surface area contributed by atoms with Crippen LogP contribution in [0.3, 0.4) is 0 Å². The van der Waals surface area contributed by atoms with E-state index in [2.05, 4.69) is 9.97 Å². The molecule has 1 aromatic heterocycles. The van der Waals surface area contributed by atoms with Gasteiger partial charge in [0, 0.05) is 17.2 Å². The molecular weight excluding hydrogens is 504 g/mol. The Labute approximate surface area is 214 Å². The molecule has 4 rings (SSSR count). The number of carboxylic acid groups (broad SMARTS) is 1. The smallest absolute Gasteiger partial charge is 0.429 e. The monoisotopic (exact) mass is 526 g/mol. The number of benzene rings is 3.